The third-order valence-electron chi connectivity index (χ3n) is 5.41. The summed E-state index contributed by atoms with van der Waals surface area (Å²) in [4.78, 5) is 18.9. The number of carbonyl (C=O) groups is 1. The quantitative estimate of drug-likeness (QED) is 0.534. The number of nitrogens with zero attached hydrogens (tertiary/aromatic N) is 4. The second-order valence-corrected chi connectivity index (χ2v) is 7.47. The average molecular weight is 399 g/mol. The van der Waals surface area contributed by atoms with Gasteiger partial charge in [-0.25, -0.2) is 0 Å². The molecule has 4 aromatic rings. The highest BCUT2D eigenvalue weighted by Crippen LogP contribution is 2.29. The van der Waals surface area contributed by atoms with Gasteiger partial charge in [0.05, 0.1) is 5.69 Å². The van der Waals surface area contributed by atoms with Gasteiger partial charge in [-0.05, 0) is 18.1 Å². The molecule has 1 fully saturated rings. The Morgan fingerprint density at radius 3 is 2.63 bits per heavy atom. The Bertz CT molecular complexity index is 1140. The number of benzene rings is 2. The van der Waals surface area contributed by atoms with E-state index >= 15 is 0 Å². The Labute approximate surface area is 173 Å². The van der Waals surface area contributed by atoms with Crippen molar-refractivity contribution in [1.82, 2.24) is 25.2 Å². The maximum atomic E-state index is 12.4. The molecule has 0 radical (unpaired) electrons. The number of aromatic amines is 1. The minimum Gasteiger partial charge on any atom is -0.342 e. The van der Waals surface area contributed by atoms with E-state index in [1.165, 1.54) is 5.56 Å². The molecule has 1 N–H and O–H groups in total. The number of nitrogens with one attached hydrogen (secondary N) is 1. The molecule has 7 nitrogen and oxygen atoms in total. The molecule has 3 heterocycles. The number of H-pyrrole nitrogens is 1. The first-order valence-electron chi connectivity index (χ1n) is 10.0. The SMILES string of the molecule is O=C1CC(c2noc(-c3cc(-c4ccccc4)n[nH]3)n2)CN1CCc1ccccc1. The first-order chi connectivity index (χ1) is 14.8. The normalized spacial score (nSPS) is 16.3. The predicted octanol–water partition coefficient (Wildman–Crippen LogP) is 3.69. The van der Waals surface area contributed by atoms with Gasteiger partial charge < -0.3 is 9.42 Å². The maximum Gasteiger partial charge on any atom is 0.275 e. The Balaban J connectivity index is 1.26. The van der Waals surface area contributed by atoms with Crippen LogP contribution in [-0.4, -0.2) is 44.2 Å². The van der Waals surface area contributed by atoms with E-state index in [1.807, 2.05) is 59.5 Å². The summed E-state index contributed by atoms with van der Waals surface area (Å²) in [5, 5.41) is 11.4. The van der Waals surface area contributed by atoms with Crippen LogP contribution in [0.3, 0.4) is 0 Å². The lowest BCUT2D eigenvalue weighted by Gasteiger charge is -2.15. The van der Waals surface area contributed by atoms with E-state index < -0.39 is 0 Å². The molecule has 0 bridgehead atoms. The van der Waals surface area contributed by atoms with E-state index in [1.54, 1.807) is 0 Å². The van der Waals surface area contributed by atoms with Crippen LogP contribution < -0.4 is 0 Å². The summed E-state index contributed by atoms with van der Waals surface area (Å²) in [6.45, 7) is 1.31. The van der Waals surface area contributed by atoms with E-state index in [0.29, 0.717) is 36.9 Å². The van der Waals surface area contributed by atoms with Crippen molar-refractivity contribution in [1.29, 1.82) is 0 Å². The molecule has 0 saturated carbocycles. The number of aromatic nitrogens is 4. The standard InChI is InChI=1S/C23H21N5O2/c29-21-13-18(15-28(21)12-11-16-7-3-1-4-8-16)22-24-23(30-27-22)20-14-19(25-26-20)17-9-5-2-6-10-17/h1-10,14,18H,11-13,15H2,(H,25,26). The van der Waals surface area contributed by atoms with Crippen molar-refractivity contribution < 1.29 is 9.32 Å². The van der Waals surface area contributed by atoms with Crippen molar-refractivity contribution in [3.05, 3.63) is 78.1 Å². The number of carbonyl (C=O) groups excluding carboxylic acids is 1. The summed E-state index contributed by atoms with van der Waals surface area (Å²) >= 11 is 0. The van der Waals surface area contributed by atoms with Crippen LogP contribution in [0.5, 0.6) is 0 Å². The van der Waals surface area contributed by atoms with Gasteiger partial charge in [0.25, 0.3) is 5.89 Å². The lowest BCUT2D eigenvalue weighted by Crippen LogP contribution is -2.27. The van der Waals surface area contributed by atoms with E-state index in [2.05, 4.69) is 32.5 Å². The van der Waals surface area contributed by atoms with Gasteiger partial charge in [0.15, 0.2) is 5.82 Å². The Hall–Kier alpha value is -3.74. The first kappa shape index (κ1) is 18.3. The molecular formula is C23H21N5O2. The molecule has 1 atom stereocenters. The zero-order valence-electron chi connectivity index (χ0n) is 16.4. The fourth-order valence-corrected chi connectivity index (χ4v) is 3.77. The molecule has 0 spiro atoms. The van der Waals surface area contributed by atoms with E-state index in [-0.39, 0.29) is 11.8 Å². The van der Waals surface area contributed by atoms with Gasteiger partial charge in [-0.2, -0.15) is 10.1 Å². The molecule has 1 unspecified atom stereocenters. The van der Waals surface area contributed by atoms with Gasteiger partial charge in [0.1, 0.15) is 5.69 Å². The highest BCUT2D eigenvalue weighted by atomic mass is 16.5. The minimum absolute atomic E-state index is 0.0534. The van der Waals surface area contributed by atoms with Gasteiger partial charge in [-0.1, -0.05) is 65.8 Å². The maximum absolute atomic E-state index is 12.4. The number of hydrogen-bond donors (Lipinski definition) is 1. The molecule has 1 amide bonds. The van der Waals surface area contributed by atoms with Crippen LogP contribution >= 0.6 is 0 Å². The molecule has 0 aliphatic carbocycles. The summed E-state index contributed by atoms with van der Waals surface area (Å²) < 4.78 is 5.45. The summed E-state index contributed by atoms with van der Waals surface area (Å²) in [5.41, 5.74) is 3.71. The Morgan fingerprint density at radius 2 is 1.83 bits per heavy atom. The molecule has 1 saturated heterocycles. The highest BCUT2D eigenvalue weighted by molar-refractivity contribution is 5.79. The van der Waals surface area contributed by atoms with Crippen molar-refractivity contribution in [2.45, 2.75) is 18.8 Å². The van der Waals surface area contributed by atoms with Gasteiger partial charge in [0, 0.05) is 31.0 Å². The summed E-state index contributed by atoms with van der Waals surface area (Å²) in [5.74, 6) is 1.03. The lowest BCUT2D eigenvalue weighted by molar-refractivity contribution is -0.127. The fraction of sp³-hybridized carbons (Fsp3) is 0.217. The number of amides is 1. The second kappa shape index (κ2) is 7.94. The summed E-state index contributed by atoms with van der Waals surface area (Å²) in [7, 11) is 0. The Kier molecular flexibility index (Phi) is 4.85. The zero-order valence-corrected chi connectivity index (χ0v) is 16.4. The van der Waals surface area contributed by atoms with Crippen molar-refractivity contribution >= 4 is 5.91 Å². The van der Waals surface area contributed by atoms with Gasteiger partial charge in [-0.15, -0.1) is 0 Å². The molecule has 150 valence electrons. The minimum atomic E-state index is -0.0534. The lowest BCUT2D eigenvalue weighted by atomic mass is 10.1. The number of rotatable bonds is 6. The fourth-order valence-electron chi connectivity index (χ4n) is 3.77. The first-order valence-corrected chi connectivity index (χ1v) is 10.0. The molecular weight excluding hydrogens is 378 g/mol. The van der Waals surface area contributed by atoms with Gasteiger partial charge >= 0.3 is 0 Å². The molecule has 1 aliphatic heterocycles. The van der Waals surface area contributed by atoms with Crippen LogP contribution in [0.25, 0.3) is 22.8 Å². The van der Waals surface area contributed by atoms with E-state index in [0.717, 1.165) is 17.7 Å². The van der Waals surface area contributed by atoms with Crippen molar-refractivity contribution in [2.75, 3.05) is 13.1 Å². The van der Waals surface area contributed by atoms with Crippen LogP contribution in [0.15, 0.2) is 71.3 Å². The van der Waals surface area contributed by atoms with Crippen molar-refractivity contribution in [2.24, 2.45) is 0 Å². The van der Waals surface area contributed by atoms with Crippen LogP contribution in [0.2, 0.25) is 0 Å². The molecule has 5 rings (SSSR count). The van der Waals surface area contributed by atoms with Crippen LogP contribution in [0.4, 0.5) is 0 Å². The monoisotopic (exact) mass is 399 g/mol. The third-order valence-corrected chi connectivity index (χ3v) is 5.41. The van der Waals surface area contributed by atoms with Crippen LogP contribution in [0, 0.1) is 0 Å². The van der Waals surface area contributed by atoms with Gasteiger partial charge in [-0.3, -0.25) is 9.89 Å². The molecule has 7 heteroatoms. The third kappa shape index (κ3) is 3.74. The van der Waals surface area contributed by atoms with Crippen molar-refractivity contribution in [3.8, 4) is 22.8 Å². The molecule has 2 aromatic heterocycles. The smallest absolute Gasteiger partial charge is 0.275 e. The van der Waals surface area contributed by atoms with E-state index in [4.69, 9.17) is 4.52 Å². The topological polar surface area (TPSA) is 87.9 Å². The molecule has 1 aliphatic rings. The molecule has 30 heavy (non-hydrogen) atoms. The molecule has 2 aromatic carbocycles. The summed E-state index contributed by atoms with van der Waals surface area (Å²) in [6.07, 6.45) is 1.25. The predicted molar refractivity (Wildman–Crippen MR) is 111 cm³/mol. The average Bonchev–Trinajstić information content (AvgIpc) is 3.53. The van der Waals surface area contributed by atoms with Crippen molar-refractivity contribution in [3.63, 3.8) is 0 Å². The highest BCUT2D eigenvalue weighted by Gasteiger charge is 2.33. The van der Waals surface area contributed by atoms with Gasteiger partial charge in [0.2, 0.25) is 5.91 Å². The zero-order chi connectivity index (χ0) is 20.3. The largest absolute Gasteiger partial charge is 0.342 e. The van der Waals surface area contributed by atoms with Crippen LogP contribution in [-0.2, 0) is 11.2 Å². The number of likely N-dealkylation sites (tertiary alicyclic amines) is 1. The van der Waals surface area contributed by atoms with E-state index in [9.17, 15) is 4.79 Å². The Morgan fingerprint density at radius 1 is 1.07 bits per heavy atom. The number of hydrogen-bond acceptors (Lipinski definition) is 5. The summed E-state index contributed by atoms with van der Waals surface area (Å²) in [6, 6.07) is 22.0. The van der Waals surface area contributed by atoms with Crippen LogP contribution in [0.1, 0.15) is 23.7 Å². The second-order valence-electron chi connectivity index (χ2n) is 7.47.